The highest BCUT2D eigenvalue weighted by molar-refractivity contribution is 4.74. The van der Waals surface area contributed by atoms with Crippen LogP contribution in [0.2, 0.25) is 0 Å². The third-order valence-corrected chi connectivity index (χ3v) is 1.89. The quantitative estimate of drug-likeness (QED) is 0.623. The van der Waals surface area contributed by atoms with E-state index in [9.17, 15) is 4.39 Å². The summed E-state index contributed by atoms with van der Waals surface area (Å²) in [7, 11) is 0. The van der Waals surface area contributed by atoms with Crippen LogP contribution in [0, 0.1) is 0 Å². The largest absolute Gasteiger partial charge is 0.330 e. The van der Waals surface area contributed by atoms with Crippen molar-refractivity contribution in [2.45, 2.75) is 19.0 Å². The normalized spacial score (nSPS) is 27.6. The molecule has 0 aromatic carbocycles. The predicted octanol–water partition coefficient (Wildman–Crippen LogP) is 0.379. The Morgan fingerprint density at radius 2 is 2.40 bits per heavy atom. The SMILES string of the molecule is NCCCN1CC[C@@H](F)C1. The van der Waals surface area contributed by atoms with Gasteiger partial charge in [0.2, 0.25) is 0 Å². The standard InChI is InChI=1S/C7H15FN2/c8-7-2-5-10(6-7)4-1-3-9/h7H,1-6,9H2/t7-/m1/s1. The molecule has 0 bridgehead atoms. The summed E-state index contributed by atoms with van der Waals surface area (Å²) in [6.45, 7) is 3.23. The number of nitrogens with zero attached hydrogens (tertiary/aromatic N) is 1. The minimum atomic E-state index is -0.585. The number of halogens is 1. The van der Waals surface area contributed by atoms with Gasteiger partial charge in [-0.15, -0.1) is 0 Å². The highest BCUT2D eigenvalue weighted by Gasteiger charge is 2.20. The average molecular weight is 146 g/mol. The number of hydrogen-bond acceptors (Lipinski definition) is 2. The molecule has 0 unspecified atom stereocenters. The van der Waals surface area contributed by atoms with Crippen molar-refractivity contribution in [3.05, 3.63) is 0 Å². The summed E-state index contributed by atoms with van der Waals surface area (Å²) in [4.78, 5) is 2.14. The summed E-state index contributed by atoms with van der Waals surface area (Å²) in [5, 5.41) is 0. The number of hydrogen-bond donors (Lipinski definition) is 1. The lowest BCUT2D eigenvalue weighted by molar-refractivity contribution is 0.286. The van der Waals surface area contributed by atoms with E-state index in [1.54, 1.807) is 0 Å². The van der Waals surface area contributed by atoms with Gasteiger partial charge in [-0.2, -0.15) is 0 Å². The first kappa shape index (κ1) is 7.95. The molecule has 1 aliphatic heterocycles. The van der Waals surface area contributed by atoms with Gasteiger partial charge < -0.3 is 10.6 Å². The average Bonchev–Trinajstić information content (AvgIpc) is 2.31. The van der Waals surface area contributed by atoms with Gasteiger partial charge in [-0.25, -0.2) is 4.39 Å². The molecule has 1 saturated heterocycles. The van der Waals surface area contributed by atoms with Gasteiger partial charge in [-0.05, 0) is 25.9 Å². The third-order valence-electron chi connectivity index (χ3n) is 1.89. The van der Waals surface area contributed by atoms with E-state index in [2.05, 4.69) is 4.90 Å². The summed E-state index contributed by atoms with van der Waals surface area (Å²) >= 11 is 0. The van der Waals surface area contributed by atoms with Crippen LogP contribution in [-0.4, -0.2) is 37.3 Å². The maximum Gasteiger partial charge on any atom is 0.114 e. The van der Waals surface area contributed by atoms with E-state index in [-0.39, 0.29) is 0 Å². The van der Waals surface area contributed by atoms with Crippen molar-refractivity contribution in [1.82, 2.24) is 4.90 Å². The maximum atomic E-state index is 12.5. The summed E-state index contributed by atoms with van der Waals surface area (Å²) in [6.07, 6.45) is 1.12. The summed E-state index contributed by atoms with van der Waals surface area (Å²) in [6, 6.07) is 0. The fourth-order valence-corrected chi connectivity index (χ4v) is 1.30. The minimum Gasteiger partial charge on any atom is -0.330 e. The van der Waals surface area contributed by atoms with Crippen molar-refractivity contribution >= 4 is 0 Å². The first-order valence-corrected chi connectivity index (χ1v) is 3.89. The van der Waals surface area contributed by atoms with Crippen LogP contribution in [-0.2, 0) is 0 Å². The van der Waals surface area contributed by atoms with Crippen LogP contribution in [0.25, 0.3) is 0 Å². The first-order chi connectivity index (χ1) is 4.83. The van der Waals surface area contributed by atoms with Gasteiger partial charge in [0.15, 0.2) is 0 Å². The predicted molar refractivity (Wildman–Crippen MR) is 39.6 cm³/mol. The van der Waals surface area contributed by atoms with Gasteiger partial charge in [0, 0.05) is 13.1 Å². The molecule has 0 aliphatic carbocycles. The zero-order valence-electron chi connectivity index (χ0n) is 6.22. The molecule has 1 fully saturated rings. The van der Waals surface area contributed by atoms with Crippen molar-refractivity contribution in [1.29, 1.82) is 0 Å². The molecular weight excluding hydrogens is 131 g/mol. The maximum absolute atomic E-state index is 12.5. The van der Waals surface area contributed by atoms with E-state index >= 15 is 0 Å². The molecule has 0 radical (unpaired) electrons. The Kier molecular flexibility index (Phi) is 3.09. The van der Waals surface area contributed by atoms with Crippen LogP contribution in [0.3, 0.4) is 0 Å². The van der Waals surface area contributed by atoms with Gasteiger partial charge >= 0.3 is 0 Å². The van der Waals surface area contributed by atoms with Gasteiger partial charge in [0.1, 0.15) is 6.17 Å². The molecule has 1 aliphatic rings. The topological polar surface area (TPSA) is 29.3 Å². The molecular formula is C7H15FN2. The van der Waals surface area contributed by atoms with E-state index < -0.39 is 6.17 Å². The molecule has 3 heteroatoms. The Balaban J connectivity index is 2.06. The molecule has 0 saturated carbocycles. The van der Waals surface area contributed by atoms with Crippen LogP contribution in [0.5, 0.6) is 0 Å². The Morgan fingerprint density at radius 1 is 1.60 bits per heavy atom. The highest BCUT2D eigenvalue weighted by Crippen LogP contribution is 2.11. The third kappa shape index (κ3) is 2.23. The van der Waals surface area contributed by atoms with E-state index in [0.29, 0.717) is 19.5 Å². The van der Waals surface area contributed by atoms with Crippen LogP contribution < -0.4 is 5.73 Å². The van der Waals surface area contributed by atoms with Crippen molar-refractivity contribution in [2.75, 3.05) is 26.2 Å². The van der Waals surface area contributed by atoms with Crippen LogP contribution in [0.15, 0.2) is 0 Å². The fourth-order valence-electron chi connectivity index (χ4n) is 1.30. The van der Waals surface area contributed by atoms with Crippen molar-refractivity contribution in [3.63, 3.8) is 0 Å². The van der Waals surface area contributed by atoms with Gasteiger partial charge in [-0.1, -0.05) is 0 Å². The fraction of sp³-hybridized carbons (Fsp3) is 1.00. The molecule has 2 N–H and O–H groups in total. The summed E-state index contributed by atoms with van der Waals surface area (Å²) in [5.41, 5.74) is 5.32. The Morgan fingerprint density at radius 3 is 2.90 bits per heavy atom. The lowest BCUT2D eigenvalue weighted by Crippen LogP contribution is -2.23. The smallest absolute Gasteiger partial charge is 0.114 e. The van der Waals surface area contributed by atoms with Gasteiger partial charge in [0.25, 0.3) is 0 Å². The monoisotopic (exact) mass is 146 g/mol. The number of nitrogens with two attached hydrogens (primary N) is 1. The second-order valence-corrected chi connectivity index (χ2v) is 2.83. The highest BCUT2D eigenvalue weighted by atomic mass is 19.1. The lowest BCUT2D eigenvalue weighted by Gasteiger charge is -2.12. The van der Waals surface area contributed by atoms with E-state index in [1.165, 1.54) is 0 Å². The Bertz CT molecular complexity index is 97.6. The molecule has 0 amide bonds. The molecule has 1 rings (SSSR count). The van der Waals surface area contributed by atoms with Gasteiger partial charge in [-0.3, -0.25) is 0 Å². The molecule has 60 valence electrons. The lowest BCUT2D eigenvalue weighted by atomic mass is 10.3. The Hall–Kier alpha value is -0.150. The van der Waals surface area contributed by atoms with E-state index in [4.69, 9.17) is 5.73 Å². The molecule has 1 atom stereocenters. The molecule has 0 spiro atoms. The molecule has 1 heterocycles. The van der Waals surface area contributed by atoms with Crippen molar-refractivity contribution in [3.8, 4) is 0 Å². The van der Waals surface area contributed by atoms with E-state index in [0.717, 1.165) is 19.5 Å². The van der Waals surface area contributed by atoms with Crippen molar-refractivity contribution in [2.24, 2.45) is 5.73 Å². The number of rotatable bonds is 3. The molecule has 10 heavy (non-hydrogen) atoms. The van der Waals surface area contributed by atoms with Crippen LogP contribution in [0.4, 0.5) is 4.39 Å². The molecule has 2 nitrogen and oxygen atoms in total. The Labute approximate surface area is 61.2 Å². The zero-order valence-corrected chi connectivity index (χ0v) is 6.22. The summed E-state index contributed by atoms with van der Waals surface area (Å²) < 4.78 is 12.5. The minimum absolute atomic E-state index is 0.585. The summed E-state index contributed by atoms with van der Waals surface area (Å²) in [5.74, 6) is 0. The number of alkyl halides is 1. The molecule has 0 aromatic heterocycles. The van der Waals surface area contributed by atoms with Crippen LogP contribution in [0.1, 0.15) is 12.8 Å². The zero-order chi connectivity index (χ0) is 7.40. The second kappa shape index (κ2) is 3.88. The number of likely N-dealkylation sites (tertiary alicyclic amines) is 1. The van der Waals surface area contributed by atoms with E-state index in [1.807, 2.05) is 0 Å². The van der Waals surface area contributed by atoms with Crippen LogP contribution >= 0.6 is 0 Å². The van der Waals surface area contributed by atoms with Gasteiger partial charge in [0.05, 0.1) is 0 Å². The second-order valence-electron chi connectivity index (χ2n) is 2.83. The molecule has 0 aromatic rings. The first-order valence-electron chi connectivity index (χ1n) is 3.89. The van der Waals surface area contributed by atoms with Crippen molar-refractivity contribution < 1.29 is 4.39 Å².